The highest BCUT2D eigenvalue weighted by atomic mass is 16.7. The van der Waals surface area contributed by atoms with E-state index < -0.39 is 0 Å². The minimum absolute atomic E-state index is 0.150. The van der Waals surface area contributed by atoms with E-state index in [0.29, 0.717) is 30.2 Å². The van der Waals surface area contributed by atoms with Crippen LogP contribution in [0.1, 0.15) is 16.8 Å². The van der Waals surface area contributed by atoms with Crippen molar-refractivity contribution >= 4 is 5.91 Å². The highest BCUT2D eigenvalue weighted by molar-refractivity contribution is 5.97. The fourth-order valence-electron chi connectivity index (χ4n) is 1.62. The second-order valence-electron chi connectivity index (χ2n) is 3.64. The summed E-state index contributed by atoms with van der Waals surface area (Å²) in [7, 11) is 1.64. The molecule has 0 aromatic heterocycles. The lowest BCUT2D eigenvalue weighted by atomic mass is 10.1. The minimum Gasteiger partial charge on any atom is -0.454 e. The van der Waals surface area contributed by atoms with E-state index in [0.717, 1.165) is 6.42 Å². The molecule has 1 aliphatic rings. The zero-order valence-electron chi connectivity index (χ0n) is 9.69. The number of amides is 1. The van der Waals surface area contributed by atoms with Gasteiger partial charge in [0.05, 0.1) is 5.56 Å². The number of benzene rings is 1. The van der Waals surface area contributed by atoms with Crippen molar-refractivity contribution in [2.45, 2.75) is 6.42 Å². The van der Waals surface area contributed by atoms with E-state index in [4.69, 9.17) is 14.2 Å². The number of hydrogen-bond donors (Lipinski definition) is 1. The molecular weight excluding hydrogens is 222 g/mol. The highest BCUT2D eigenvalue weighted by Crippen LogP contribution is 2.35. The van der Waals surface area contributed by atoms with Gasteiger partial charge in [-0.2, -0.15) is 0 Å². The van der Waals surface area contributed by atoms with Crippen molar-refractivity contribution in [2.75, 3.05) is 27.1 Å². The van der Waals surface area contributed by atoms with Crippen LogP contribution in [-0.4, -0.2) is 33.0 Å². The Morgan fingerprint density at radius 2 is 2.35 bits per heavy atom. The summed E-state index contributed by atoms with van der Waals surface area (Å²) < 4.78 is 15.4. The first-order chi connectivity index (χ1) is 8.33. The molecule has 1 amide bonds. The van der Waals surface area contributed by atoms with E-state index >= 15 is 0 Å². The molecule has 1 aromatic rings. The molecule has 0 bridgehead atoms. The molecule has 0 saturated carbocycles. The Morgan fingerprint density at radius 3 is 3.18 bits per heavy atom. The number of nitrogens with one attached hydrogen (secondary N) is 1. The third-order valence-electron chi connectivity index (χ3n) is 2.45. The average Bonchev–Trinajstić information content (AvgIpc) is 2.82. The summed E-state index contributed by atoms with van der Waals surface area (Å²) in [6, 6.07) is 5.28. The van der Waals surface area contributed by atoms with Crippen molar-refractivity contribution < 1.29 is 19.0 Å². The molecule has 0 atom stereocenters. The highest BCUT2D eigenvalue weighted by Gasteiger charge is 2.21. The quantitative estimate of drug-likeness (QED) is 0.781. The fraction of sp³-hybridized carbons (Fsp3) is 0.417. The number of rotatable bonds is 5. The lowest BCUT2D eigenvalue weighted by Gasteiger charge is -2.07. The van der Waals surface area contributed by atoms with Gasteiger partial charge in [-0.3, -0.25) is 4.79 Å². The van der Waals surface area contributed by atoms with E-state index in [9.17, 15) is 4.79 Å². The Bertz CT molecular complexity index is 405. The summed E-state index contributed by atoms with van der Waals surface area (Å²) in [6.45, 7) is 1.38. The fourth-order valence-corrected chi connectivity index (χ4v) is 1.62. The zero-order valence-corrected chi connectivity index (χ0v) is 9.69. The van der Waals surface area contributed by atoms with Gasteiger partial charge in [0.1, 0.15) is 0 Å². The largest absolute Gasteiger partial charge is 0.454 e. The number of carbonyl (C=O) groups is 1. The van der Waals surface area contributed by atoms with Crippen LogP contribution in [0.3, 0.4) is 0 Å². The summed E-state index contributed by atoms with van der Waals surface area (Å²) in [5.74, 6) is 0.995. The van der Waals surface area contributed by atoms with Crippen LogP contribution in [-0.2, 0) is 4.74 Å². The Kier molecular flexibility index (Phi) is 3.82. The summed E-state index contributed by atoms with van der Waals surface area (Å²) in [5, 5.41) is 2.81. The summed E-state index contributed by atoms with van der Waals surface area (Å²) in [6.07, 6.45) is 0.786. The van der Waals surface area contributed by atoms with Gasteiger partial charge < -0.3 is 19.5 Å². The summed E-state index contributed by atoms with van der Waals surface area (Å²) in [4.78, 5) is 11.9. The van der Waals surface area contributed by atoms with Gasteiger partial charge in [-0.15, -0.1) is 0 Å². The Hall–Kier alpha value is -1.75. The minimum atomic E-state index is -0.150. The van der Waals surface area contributed by atoms with E-state index in [1.54, 1.807) is 25.3 Å². The van der Waals surface area contributed by atoms with Crippen molar-refractivity contribution in [3.05, 3.63) is 23.8 Å². The Labute approximate surface area is 99.7 Å². The number of fused-ring (bicyclic) bond motifs is 1. The maximum Gasteiger partial charge on any atom is 0.255 e. The number of methoxy groups -OCH3 is 1. The van der Waals surface area contributed by atoms with Gasteiger partial charge in [0.15, 0.2) is 11.5 Å². The first kappa shape index (κ1) is 11.7. The topological polar surface area (TPSA) is 56.8 Å². The van der Waals surface area contributed by atoms with Gasteiger partial charge in [0, 0.05) is 20.3 Å². The molecule has 17 heavy (non-hydrogen) atoms. The van der Waals surface area contributed by atoms with Gasteiger partial charge in [0.25, 0.3) is 5.91 Å². The average molecular weight is 237 g/mol. The van der Waals surface area contributed by atoms with Gasteiger partial charge in [0.2, 0.25) is 6.79 Å². The van der Waals surface area contributed by atoms with Crippen molar-refractivity contribution in [1.82, 2.24) is 5.32 Å². The Balaban J connectivity index is 1.97. The monoisotopic (exact) mass is 237 g/mol. The van der Waals surface area contributed by atoms with E-state index in [-0.39, 0.29) is 12.7 Å². The normalized spacial score (nSPS) is 12.5. The number of carbonyl (C=O) groups excluding carboxylic acids is 1. The predicted molar refractivity (Wildman–Crippen MR) is 61.4 cm³/mol. The Morgan fingerprint density at radius 1 is 1.47 bits per heavy atom. The van der Waals surface area contributed by atoms with Crippen LogP contribution in [0, 0.1) is 0 Å². The molecule has 0 saturated heterocycles. The molecule has 1 aromatic carbocycles. The first-order valence-electron chi connectivity index (χ1n) is 5.48. The third kappa shape index (κ3) is 2.68. The molecule has 0 unspecified atom stereocenters. The standard InChI is InChI=1S/C12H15NO4/c1-15-7-3-6-13-12(14)9-4-2-5-10-11(9)17-8-16-10/h2,4-5H,3,6-8H2,1H3,(H,13,14). The van der Waals surface area contributed by atoms with Crippen molar-refractivity contribution in [1.29, 1.82) is 0 Å². The predicted octanol–water partition coefficient (Wildman–Crippen LogP) is 1.18. The van der Waals surface area contributed by atoms with Crippen LogP contribution in [0.15, 0.2) is 18.2 Å². The van der Waals surface area contributed by atoms with Crippen molar-refractivity contribution in [2.24, 2.45) is 0 Å². The molecule has 1 aliphatic heterocycles. The summed E-state index contributed by atoms with van der Waals surface area (Å²) >= 11 is 0. The maximum atomic E-state index is 11.9. The number of para-hydroxylation sites is 1. The second-order valence-corrected chi connectivity index (χ2v) is 3.64. The van der Waals surface area contributed by atoms with Crippen molar-refractivity contribution in [3.63, 3.8) is 0 Å². The molecule has 2 rings (SSSR count). The molecule has 5 nitrogen and oxygen atoms in total. The van der Waals surface area contributed by atoms with Crippen LogP contribution >= 0.6 is 0 Å². The van der Waals surface area contributed by atoms with Crippen LogP contribution in [0.5, 0.6) is 11.5 Å². The van der Waals surface area contributed by atoms with E-state index in [1.165, 1.54) is 0 Å². The SMILES string of the molecule is COCCCNC(=O)c1cccc2c1OCO2. The van der Waals surface area contributed by atoms with Gasteiger partial charge >= 0.3 is 0 Å². The smallest absolute Gasteiger partial charge is 0.255 e. The number of hydrogen-bond acceptors (Lipinski definition) is 4. The molecule has 0 spiro atoms. The molecular formula is C12H15NO4. The molecule has 0 radical (unpaired) electrons. The molecule has 1 N–H and O–H groups in total. The van der Waals surface area contributed by atoms with Crippen molar-refractivity contribution in [3.8, 4) is 11.5 Å². The van der Waals surface area contributed by atoms with Gasteiger partial charge in [-0.1, -0.05) is 6.07 Å². The maximum absolute atomic E-state index is 11.9. The first-order valence-corrected chi connectivity index (χ1v) is 5.48. The van der Waals surface area contributed by atoms with Crippen LogP contribution in [0.25, 0.3) is 0 Å². The van der Waals surface area contributed by atoms with Crippen LogP contribution < -0.4 is 14.8 Å². The molecule has 0 fully saturated rings. The third-order valence-corrected chi connectivity index (χ3v) is 2.45. The second kappa shape index (κ2) is 5.54. The van der Waals surface area contributed by atoms with E-state index in [1.807, 2.05) is 0 Å². The van der Waals surface area contributed by atoms with Gasteiger partial charge in [-0.05, 0) is 18.6 Å². The molecule has 0 aliphatic carbocycles. The number of ether oxygens (including phenoxy) is 3. The molecule has 1 heterocycles. The van der Waals surface area contributed by atoms with Crippen LogP contribution in [0.2, 0.25) is 0 Å². The van der Waals surface area contributed by atoms with Gasteiger partial charge in [-0.25, -0.2) is 0 Å². The van der Waals surface area contributed by atoms with Crippen LogP contribution in [0.4, 0.5) is 0 Å². The lowest BCUT2D eigenvalue weighted by molar-refractivity contribution is 0.0944. The van der Waals surface area contributed by atoms with E-state index in [2.05, 4.69) is 5.32 Å². The molecule has 5 heteroatoms. The zero-order chi connectivity index (χ0) is 12.1. The lowest BCUT2D eigenvalue weighted by Crippen LogP contribution is -2.25. The molecule has 92 valence electrons. The summed E-state index contributed by atoms with van der Waals surface area (Å²) in [5.41, 5.74) is 0.511.